The number of aromatic nitrogens is 2. The molecule has 4 N–H and O–H groups in total. The number of nitrogens with zero attached hydrogens (tertiary/aromatic N) is 3. The molecular formula is C11H13N5O3. The first kappa shape index (κ1) is 12.7. The molecule has 8 heteroatoms. The maximum Gasteiger partial charge on any atom is 0.292 e. The van der Waals surface area contributed by atoms with Crippen LogP contribution in [0.2, 0.25) is 0 Å². The van der Waals surface area contributed by atoms with Crippen molar-refractivity contribution < 1.29 is 14.4 Å². The van der Waals surface area contributed by atoms with E-state index < -0.39 is 5.91 Å². The molecule has 0 fully saturated rings. The Morgan fingerprint density at radius 2 is 2.37 bits per heavy atom. The molecule has 0 aromatic carbocycles. The zero-order chi connectivity index (χ0) is 14.0. The SMILES string of the molecule is Cc1ccoc1C(=O)Nc1c(C(N)=NO)cnn1C. The Bertz CT molecular complexity index is 641. The largest absolute Gasteiger partial charge is 0.459 e. The number of rotatable bonds is 3. The summed E-state index contributed by atoms with van der Waals surface area (Å²) in [6.45, 7) is 1.76. The standard InChI is InChI=1S/C11H13N5O3/c1-6-3-4-19-8(6)11(17)14-10-7(9(12)15-18)5-13-16(10)2/h3-5,18H,1-2H3,(H2,12,15)(H,14,17). The van der Waals surface area contributed by atoms with Crippen LogP contribution in [0.5, 0.6) is 0 Å². The molecule has 100 valence electrons. The molecule has 2 rings (SSSR count). The smallest absolute Gasteiger partial charge is 0.292 e. The fourth-order valence-corrected chi connectivity index (χ4v) is 1.60. The van der Waals surface area contributed by atoms with Gasteiger partial charge < -0.3 is 20.7 Å². The summed E-state index contributed by atoms with van der Waals surface area (Å²) in [6, 6.07) is 1.68. The first-order valence-electron chi connectivity index (χ1n) is 5.40. The number of nitrogens with two attached hydrogens (primary N) is 1. The van der Waals surface area contributed by atoms with Gasteiger partial charge in [-0.1, -0.05) is 5.16 Å². The third-order valence-corrected chi connectivity index (χ3v) is 2.62. The molecule has 0 spiro atoms. The van der Waals surface area contributed by atoms with Gasteiger partial charge in [0.2, 0.25) is 0 Å². The van der Waals surface area contributed by atoms with Gasteiger partial charge in [0.25, 0.3) is 5.91 Å². The van der Waals surface area contributed by atoms with Gasteiger partial charge in [-0.3, -0.25) is 9.48 Å². The number of carbonyl (C=O) groups is 1. The fourth-order valence-electron chi connectivity index (χ4n) is 1.60. The number of nitrogens with one attached hydrogen (secondary N) is 1. The zero-order valence-electron chi connectivity index (χ0n) is 10.4. The Labute approximate surface area is 108 Å². The number of hydrogen-bond acceptors (Lipinski definition) is 5. The van der Waals surface area contributed by atoms with Crippen LogP contribution in [0.25, 0.3) is 0 Å². The monoisotopic (exact) mass is 263 g/mol. The van der Waals surface area contributed by atoms with Crippen LogP contribution in [0.3, 0.4) is 0 Å². The maximum atomic E-state index is 12.0. The average Bonchev–Trinajstić information content (AvgIpc) is 2.96. The van der Waals surface area contributed by atoms with E-state index in [1.54, 1.807) is 20.0 Å². The summed E-state index contributed by atoms with van der Waals surface area (Å²) in [5, 5.41) is 18.1. The van der Waals surface area contributed by atoms with Gasteiger partial charge in [-0.25, -0.2) is 0 Å². The van der Waals surface area contributed by atoms with E-state index in [0.717, 1.165) is 0 Å². The molecule has 1 amide bonds. The van der Waals surface area contributed by atoms with Gasteiger partial charge in [0.15, 0.2) is 11.6 Å². The van der Waals surface area contributed by atoms with Gasteiger partial charge in [0.1, 0.15) is 5.82 Å². The maximum absolute atomic E-state index is 12.0. The van der Waals surface area contributed by atoms with Gasteiger partial charge in [-0.2, -0.15) is 5.10 Å². The predicted molar refractivity (Wildman–Crippen MR) is 67.1 cm³/mol. The summed E-state index contributed by atoms with van der Waals surface area (Å²) in [5.74, 6) is -0.0552. The number of hydrogen-bond donors (Lipinski definition) is 3. The van der Waals surface area contributed by atoms with E-state index in [-0.39, 0.29) is 11.6 Å². The topological polar surface area (TPSA) is 119 Å². The van der Waals surface area contributed by atoms with E-state index in [4.69, 9.17) is 15.4 Å². The van der Waals surface area contributed by atoms with E-state index in [1.165, 1.54) is 17.1 Å². The molecule has 8 nitrogen and oxygen atoms in total. The van der Waals surface area contributed by atoms with Crippen LogP contribution >= 0.6 is 0 Å². The van der Waals surface area contributed by atoms with Crippen molar-refractivity contribution in [3.63, 3.8) is 0 Å². The van der Waals surface area contributed by atoms with Gasteiger partial charge >= 0.3 is 0 Å². The summed E-state index contributed by atoms with van der Waals surface area (Å²) >= 11 is 0. The highest BCUT2D eigenvalue weighted by Crippen LogP contribution is 2.16. The molecule has 0 saturated heterocycles. The summed E-state index contributed by atoms with van der Waals surface area (Å²) in [4.78, 5) is 12.0. The third-order valence-electron chi connectivity index (χ3n) is 2.62. The normalized spacial score (nSPS) is 11.6. The first-order valence-corrected chi connectivity index (χ1v) is 5.40. The minimum atomic E-state index is -0.432. The lowest BCUT2D eigenvalue weighted by atomic mass is 10.2. The van der Waals surface area contributed by atoms with Gasteiger partial charge in [-0.05, 0) is 13.0 Å². The van der Waals surface area contributed by atoms with Gasteiger partial charge in [0.05, 0.1) is 18.0 Å². The highest BCUT2D eigenvalue weighted by Gasteiger charge is 2.18. The van der Waals surface area contributed by atoms with E-state index in [0.29, 0.717) is 16.9 Å². The number of anilines is 1. The van der Waals surface area contributed by atoms with Crippen molar-refractivity contribution in [3.05, 3.63) is 35.4 Å². The Balaban J connectivity index is 2.32. The lowest BCUT2D eigenvalue weighted by Crippen LogP contribution is -2.20. The van der Waals surface area contributed by atoms with Crippen molar-refractivity contribution in [3.8, 4) is 0 Å². The minimum absolute atomic E-state index is 0.139. The molecule has 0 aliphatic heterocycles. The van der Waals surface area contributed by atoms with Crippen molar-refractivity contribution in [2.24, 2.45) is 17.9 Å². The second-order valence-corrected chi connectivity index (χ2v) is 3.90. The molecular weight excluding hydrogens is 250 g/mol. The van der Waals surface area contributed by atoms with Crippen molar-refractivity contribution in [1.82, 2.24) is 9.78 Å². The number of furan rings is 1. The van der Waals surface area contributed by atoms with Crippen LogP contribution in [0.1, 0.15) is 21.7 Å². The number of aryl methyl sites for hydroxylation is 2. The Hall–Kier alpha value is -2.77. The molecule has 2 heterocycles. The third kappa shape index (κ3) is 2.28. The molecule has 0 atom stereocenters. The quantitative estimate of drug-likeness (QED) is 0.325. The van der Waals surface area contributed by atoms with Crippen LogP contribution < -0.4 is 11.1 Å². The lowest BCUT2D eigenvalue weighted by Gasteiger charge is -2.06. The Morgan fingerprint density at radius 1 is 1.63 bits per heavy atom. The highest BCUT2D eigenvalue weighted by atomic mass is 16.4. The van der Waals surface area contributed by atoms with Crippen LogP contribution in [0.4, 0.5) is 5.82 Å². The number of carbonyl (C=O) groups excluding carboxylic acids is 1. The predicted octanol–water partition coefficient (Wildman–Crippen LogP) is 0.668. The second kappa shape index (κ2) is 4.84. The molecule has 2 aromatic rings. The average molecular weight is 263 g/mol. The summed E-state index contributed by atoms with van der Waals surface area (Å²) in [7, 11) is 1.62. The van der Waals surface area contributed by atoms with Crippen molar-refractivity contribution in [2.75, 3.05) is 5.32 Å². The van der Waals surface area contributed by atoms with Crippen molar-refractivity contribution >= 4 is 17.6 Å². The second-order valence-electron chi connectivity index (χ2n) is 3.90. The number of amides is 1. The van der Waals surface area contributed by atoms with Crippen LogP contribution in [0, 0.1) is 6.92 Å². The van der Waals surface area contributed by atoms with Gasteiger partial charge in [0, 0.05) is 12.6 Å². The lowest BCUT2D eigenvalue weighted by molar-refractivity contribution is 0.0995. The van der Waals surface area contributed by atoms with Crippen LogP contribution in [0.15, 0.2) is 28.1 Å². The zero-order valence-corrected chi connectivity index (χ0v) is 10.4. The number of oxime groups is 1. The van der Waals surface area contributed by atoms with Crippen LogP contribution in [-0.2, 0) is 7.05 Å². The van der Waals surface area contributed by atoms with E-state index >= 15 is 0 Å². The fraction of sp³-hybridized carbons (Fsp3) is 0.182. The summed E-state index contributed by atoms with van der Waals surface area (Å²) in [6.07, 6.45) is 2.82. The van der Waals surface area contributed by atoms with E-state index in [9.17, 15) is 4.79 Å². The molecule has 0 saturated carbocycles. The highest BCUT2D eigenvalue weighted by molar-refractivity contribution is 6.08. The Kier molecular flexibility index (Phi) is 3.23. The Morgan fingerprint density at radius 3 is 2.95 bits per heavy atom. The molecule has 0 aliphatic rings. The van der Waals surface area contributed by atoms with Crippen molar-refractivity contribution in [2.45, 2.75) is 6.92 Å². The summed E-state index contributed by atoms with van der Waals surface area (Å²) in [5.41, 5.74) is 6.54. The van der Waals surface area contributed by atoms with E-state index in [2.05, 4.69) is 15.6 Å². The van der Waals surface area contributed by atoms with Crippen molar-refractivity contribution in [1.29, 1.82) is 0 Å². The first-order chi connectivity index (χ1) is 9.04. The molecule has 0 unspecified atom stereocenters. The molecule has 0 aliphatic carbocycles. The molecule has 0 bridgehead atoms. The molecule has 0 radical (unpaired) electrons. The number of amidine groups is 1. The minimum Gasteiger partial charge on any atom is -0.459 e. The molecule has 19 heavy (non-hydrogen) atoms. The van der Waals surface area contributed by atoms with Gasteiger partial charge in [-0.15, -0.1) is 0 Å². The molecule has 2 aromatic heterocycles. The van der Waals surface area contributed by atoms with Crippen LogP contribution in [-0.4, -0.2) is 26.7 Å². The van der Waals surface area contributed by atoms with E-state index in [1.807, 2.05) is 0 Å². The summed E-state index contributed by atoms with van der Waals surface area (Å²) < 4.78 is 6.50.